The van der Waals surface area contributed by atoms with Gasteiger partial charge in [0.15, 0.2) is 0 Å². The van der Waals surface area contributed by atoms with Gasteiger partial charge in [0.05, 0.1) is 18.4 Å². The van der Waals surface area contributed by atoms with E-state index >= 15 is 0 Å². The minimum Gasteiger partial charge on any atom is -0.465 e. The maximum absolute atomic E-state index is 11.9. The van der Waals surface area contributed by atoms with Crippen molar-refractivity contribution < 1.29 is 14.3 Å². The zero-order valence-electron chi connectivity index (χ0n) is 13.9. The molecule has 0 fully saturated rings. The lowest BCUT2D eigenvalue weighted by atomic mass is 10.1. The van der Waals surface area contributed by atoms with Crippen LogP contribution in [-0.4, -0.2) is 24.7 Å². The van der Waals surface area contributed by atoms with Crippen LogP contribution in [0.2, 0.25) is 0 Å². The third-order valence-electron chi connectivity index (χ3n) is 3.62. The highest BCUT2D eigenvalue weighted by molar-refractivity contribution is 7.99. The summed E-state index contributed by atoms with van der Waals surface area (Å²) < 4.78 is 4.65. The van der Waals surface area contributed by atoms with E-state index in [1.807, 2.05) is 24.3 Å². The Morgan fingerprint density at radius 1 is 1.08 bits per heavy atom. The van der Waals surface area contributed by atoms with Gasteiger partial charge in [0.25, 0.3) is 0 Å². The summed E-state index contributed by atoms with van der Waals surface area (Å²) in [5, 5.41) is 2.89. The van der Waals surface area contributed by atoms with Gasteiger partial charge in [-0.15, -0.1) is 11.8 Å². The van der Waals surface area contributed by atoms with Crippen LogP contribution in [0.25, 0.3) is 0 Å². The molecule has 4 nitrogen and oxygen atoms in total. The maximum Gasteiger partial charge on any atom is 0.337 e. The van der Waals surface area contributed by atoms with Gasteiger partial charge in [-0.05, 0) is 35.7 Å². The smallest absolute Gasteiger partial charge is 0.337 e. The Balaban J connectivity index is 1.73. The molecule has 1 amide bonds. The molecule has 24 heavy (non-hydrogen) atoms. The quantitative estimate of drug-likeness (QED) is 0.784. The molecule has 0 aliphatic rings. The molecule has 2 rings (SSSR count). The maximum atomic E-state index is 11.9. The Morgan fingerprint density at radius 2 is 1.79 bits per heavy atom. The van der Waals surface area contributed by atoms with Crippen molar-refractivity contribution in [3.63, 3.8) is 0 Å². The van der Waals surface area contributed by atoms with E-state index < -0.39 is 0 Å². The molecule has 0 saturated heterocycles. The van der Waals surface area contributed by atoms with Crippen molar-refractivity contribution in [3.8, 4) is 0 Å². The molecule has 1 N–H and O–H groups in total. The summed E-state index contributed by atoms with van der Waals surface area (Å²) >= 11 is 1.60. The van der Waals surface area contributed by atoms with Gasteiger partial charge in [-0.2, -0.15) is 0 Å². The number of aryl methyl sites for hydroxylation is 1. The summed E-state index contributed by atoms with van der Waals surface area (Å²) in [5.74, 6) is 0.895. The number of amides is 1. The summed E-state index contributed by atoms with van der Waals surface area (Å²) in [5.41, 5.74) is 3.95. The first-order valence-corrected chi connectivity index (χ1v) is 8.82. The van der Waals surface area contributed by atoms with Crippen LogP contribution in [0.5, 0.6) is 0 Å². The lowest BCUT2D eigenvalue weighted by Gasteiger charge is -2.07. The number of hydrogen-bond acceptors (Lipinski definition) is 4. The van der Waals surface area contributed by atoms with Crippen molar-refractivity contribution >= 4 is 23.6 Å². The molecule has 0 unspecified atom stereocenters. The largest absolute Gasteiger partial charge is 0.465 e. The Kier molecular flexibility index (Phi) is 6.88. The number of nitrogens with one attached hydrogen (secondary N) is 1. The zero-order valence-corrected chi connectivity index (χ0v) is 14.7. The molecule has 0 heterocycles. The van der Waals surface area contributed by atoms with Crippen LogP contribution < -0.4 is 5.32 Å². The second kappa shape index (κ2) is 9.13. The minimum atomic E-state index is -0.363. The molecule has 126 valence electrons. The molecule has 2 aromatic rings. The highest BCUT2D eigenvalue weighted by Gasteiger charge is 2.06. The number of methoxy groups -OCH3 is 1. The third kappa shape index (κ3) is 5.42. The molecule has 0 saturated carbocycles. The first-order valence-electron chi connectivity index (χ1n) is 7.66. The molecular formula is C19H21NO3S. The monoisotopic (exact) mass is 343 g/mol. The van der Waals surface area contributed by atoms with E-state index in [2.05, 4.69) is 29.1 Å². The molecule has 0 radical (unpaired) electrons. The van der Waals surface area contributed by atoms with Crippen LogP contribution in [-0.2, 0) is 21.8 Å². The van der Waals surface area contributed by atoms with Crippen molar-refractivity contribution in [1.82, 2.24) is 5.32 Å². The number of rotatable bonds is 7. The predicted molar refractivity (Wildman–Crippen MR) is 97.0 cm³/mol. The number of ether oxygens (including phenoxy) is 1. The average Bonchev–Trinajstić information content (AvgIpc) is 2.61. The van der Waals surface area contributed by atoms with Gasteiger partial charge in [-0.1, -0.05) is 36.4 Å². The molecule has 0 aromatic heterocycles. The van der Waals surface area contributed by atoms with Crippen LogP contribution >= 0.6 is 11.8 Å². The van der Waals surface area contributed by atoms with E-state index in [0.29, 0.717) is 17.9 Å². The Morgan fingerprint density at radius 3 is 2.46 bits per heavy atom. The number of esters is 1. The standard InChI is InChI=1S/C19H21NO3S/c1-14-5-3-4-6-17(14)12-24-13-18(21)20-11-15-7-9-16(10-8-15)19(22)23-2/h3-10H,11-13H2,1-2H3,(H,20,21). The normalized spacial score (nSPS) is 10.2. The lowest BCUT2D eigenvalue weighted by molar-refractivity contribution is -0.118. The molecule has 2 aromatic carbocycles. The number of carbonyl (C=O) groups excluding carboxylic acids is 2. The van der Waals surface area contributed by atoms with E-state index in [1.165, 1.54) is 18.2 Å². The predicted octanol–water partition coefficient (Wildman–Crippen LogP) is 3.33. The Labute approximate surface area is 146 Å². The Bertz CT molecular complexity index is 698. The topological polar surface area (TPSA) is 55.4 Å². The van der Waals surface area contributed by atoms with Gasteiger partial charge >= 0.3 is 5.97 Å². The van der Waals surface area contributed by atoms with Crippen molar-refractivity contribution in [2.75, 3.05) is 12.9 Å². The number of thioether (sulfide) groups is 1. The first-order chi connectivity index (χ1) is 11.6. The Hall–Kier alpha value is -2.27. The van der Waals surface area contributed by atoms with E-state index in [9.17, 15) is 9.59 Å². The van der Waals surface area contributed by atoms with Gasteiger partial charge < -0.3 is 10.1 Å². The molecular weight excluding hydrogens is 322 g/mol. The van der Waals surface area contributed by atoms with Gasteiger partial charge in [0, 0.05) is 12.3 Å². The average molecular weight is 343 g/mol. The van der Waals surface area contributed by atoms with Crippen molar-refractivity contribution in [3.05, 3.63) is 70.8 Å². The van der Waals surface area contributed by atoms with Gasteiger partial charge in [-0.25, -0.2) is 4.79 Å². The summed E-state index contributed by atoms with van der Waals surface area (Å²) in [6, 6.07) is 15.2. The van der Waals surface area contributed by atoms with Crippen molar-refractivity contribution in [1.29, 1.82) is 0 Å². The van der Waals surface area contributed by atoms with Crippen LogP contribution in [0.3, 0.4) is 0 Å². The molecule has 0 aliphatic carbocycles. The van der Waals surface area contributed by atoms with E-state index in [1.54, 1.807) is 23.9 Å². The molecule has 5 heteroatoms. The van der Waals surface area contributed by atoms with Crippen LogP contribution in [0.4, 0.5) is 0 Å². The van der Waals surface area contributed by atoms with E-state index in [4.69, 9.17) is 0 Å². The highest BCUT2D eigenvalue weighted by Crippen LogP contribution is 2.15. The lowest BCUT2D eigenvalue weighted by Crippen LogP contribution is -2.24. The number of benzene rings is 2. The molecule has 0 spiro atoms. The van der Waals surface area contributed by atoms with Crippen LogP contribution in [0.15, 0.2) is 48.5 Å². The van der Waals surface area contributed by atoms with Crippen LogP contribution in [0, 0.1) is 6.92 Å². The fourth-order valence-electron chi connectivity index (χ4n) is 2.15. The van der Waals surface area contributed by atoms with E-state index in [0.717, 1.165) is 11.3 Å². The third-order valence-corrected chi connectivity index (χ3v) is 4.60. The molecule has 0 bridgehead atoms. The molecule has 0 atom stereocenters. The van der Waals surface area contributed by atoms with Crippen molar-refractivity contribution in [2.45, 2.75) is 19.2 Å². The summed E-state index contributed by atoms with van der Waals surface area (Å²) in [7, 11) is 1.35. The molecule has 0 aliphatic heterocycles. The number of carbonyl (C=O) groups is 2. The SMILES string of the molecule is COC(=O)c1ccc(CNC(=O)CSCc2ccccc2C)cc1. The summed E-state index contributed by atoms with van der Waals surface area (Å²) in [4.78, 5) is 23.3. The van der Waals surface area contributed by atoms with Gasteiger partial charge in [0.1, 0.15) is 0 Å². The summed E-state index contributed by atoms with van der Waals surface area (Å²) in [6.45, 7) is 2.53. The van der Waals surface area contributed by atoms with Crippen LogP contribution in [0.1, 0.15) is 27.0 Å². The second-order valence-electron chi connectivity index (χ2n) is 5.38. The second-order valence-corrected chi connectivity index (χ2v) is 6.37. The van der Waals surface area contributed by atoms with E-state index in [-0.39, 0.29) is 11.9 Å². The highest BCUT2D eigenvalue weighted by atomic mass is 32.2. The van der Waals surface area contributed by atoms with Gasteiger partial charge in [0.2, 0.25) is 5.91 Å². The minimum absolute atomic E-state index is 0.00521. The summed E-state index contributed by atoms with van der Waals surface area (Å²) in [6.07, 6.45) is 0. The number of hydrogen-bond donors (Lipinski definition) is 1. The zero-order chi connectivity index (χ0) is 17.4. The fraction of sp³-hybridized carbons (Fsp3) is 0.263. The van der Waals surface area contributed by atoms with Crippen molar-refractivity contribution in [2.24, 2.45) is 0 Å². The fourth-order valence-corrected chi connectivity index (χ4v) is 3.09. The first kappa shape index (κ1) is 18.1. The van der Waals surface area contributed by atoms with Gasteiger partial charge in [-0.3, -0.25) is 4.79 Å².